The fraction of sp³-hybridized carbons (Fsp3) is 0.385. The smallest absolute Gasteiger partial charge is 0.283 e. The minimum Gasteiger partial charge on any atom is -0.395 e. The first-order chi connectivity index (χ1) is 8.79. The van der Waals surface area contributed by atoms with Gasteiger partial charge in [0.25, 0.3) is 5.91 Å². The number of hydrogen-bond donors (Lipinski definition) is 1. The fourth-order valence-electron chi connectivity index (χ4n) is 2.03. The van der Waals surface area contributed by atoms with Crippen molar-refractivity contribution in [3.8, 4) is 0 Å². The highest BCUT2D eigenvalue weighted by molar-refractivity contribution is 7.20. The molecule has 1 aliphatic rings. The van der Waals surface area contributed by atoms with Gasteiger partial charge in [0, 0.05) is 12.6 Å². The molecule has 1 aliphatic carbocycles. The molecule has 0 spiro atoms. The van der Waals surface area contributed by atoms with E-state index in [9.17, 15) is 4.79 Å². The minimum atomic E-state index is -0.0484. The van der Waals surface area contributed by atoms with E-state index in [1.165, 1.54) is 11.3 Å². The molecule has 3 rings (SSSR count). The predicted octanol–water partition coefficient (Wildman–Crippen LogP) is 1.89. The molecule has 0 saturated heterocycles. The maximum Gasteiger partial charge on any atom is 0.283 e. The zero-order valence-electron chi connectivity index (χ0n) is 9.87. The minimum absolute atomic E-state index is 0.00708. The van der Waals surface area contributed by atoms with Gasteiger partial charge in [0.05, 0.1) is 16.8 Å². The van der Waals surface area contributed by atoms with Gasteiger partial charge in [0.2, 0.25) is 0 Å². The second-order valence-electron chi connectivity index (χ2n) is 4.44. The molecule has 0 radical (unpaired) electrons. The lowest BCUT2D eigenvalue weighted by atomic mass is 10.3. The van der Waals surface area contributed by atoms with Gasteiger partial charge in [0.1, 0.15) is 0 Å². The van der Waals surface area contributed by atoms with Crippen LogP contribution < -0.4 is 0 Å². The lowest BCUT2D eigenvalue weighted by molar-refractivity contribution is 0.0707. The van der Waals surface area contributed by atoms with Crippen molar-refractivity contribution in [1.29, 1.82) is 0 Å². The van der Waals surface area contributed by atoms with E-state index in [0.29, 0.717) is 17.6 Å². The van der Waals surface area contributed by atoms with Crippen LogP contribution in [-0.4, -0.2) is 40.1 Å². The summed E-state index contributed by atoms with van der Waals surface area (Å²) >= 11 is 1.42. The second-order valence-corrected chi connectivity index (χ2v) is 5.47. The molecule has 5 heteroatoms. The van der Waals surface area contributed by atoms with Crippen molar-refractivity contribution in [2.75, 3.05) is 13.2 Å². The number of aliphatic hydroxyl groups is 1. The average molecular weight is 262 g/mol. The van der Waals surface area contributed by atoms with Gasteiger partial charge in [-0.2, -0.15) is 0 Å². The molecule has 94 valence electrons. The Morgan fingerprint density at radius 3 is 2.89 bits per heavy atom. The Morgan fingerprint density at radius 1 is 1.44 bits per heavy atom. The number of thiazole rings is 1. The largest absolute Gasteiger partial charge is 0.395 e. The van der Waals surface area contributed by atoms with Gasteiger partial charge in [-0.1, -0.05) is 12.1 Å². The molecule has 0 atom stereocenters. The number of para-hydroxylation sites is 1. The first-order valence-electron chi connectivity index (χ1n) is 6.07. The molecule has 1 amide bonds. The van der Waals surface area contributed by atoms with E-state index in [1.54, 1.807) is 4.90 Å². The van der Waals surface area contributed by atoms with E-state index in [1.807, 2.05) is 24.3 Å². The molecule has 4 nitrogen and oxygen atoms in total. The fourth-order valence-corrected chi connectivity index (χ4v) is 2.95. The quantitative estimate of drug-likeness (QED) is 0.915. The zero-order valence-corrected chi connectivity index (χ0v) is 10.7. The number of fused-ring (bicyclic) bond motifs is 1. The van der Waals surface area contributed by atoms with Crippen molar-refractivity contribution in [1.82, 2.24) is 9.88 Å². The molecule has 1 aromatic carbocycles. The van der Waals surface area contributed by atoms with Gasteiger partial charge in [-0.25, -0.2) is 4.98 Å². The lowest BCUT2D eigenvalue weighted by Crippen LogP contribution is -2.35. The summed E-state index contributed by atoms with van der Waals surface area (Å²) in [6, 6.07) is 8.05. The van der Waals surface area contributed by atoms with Gasteiger partial charge >= 0.3 is 0 Å². The second kappa shape index (κ2) is 4.66. The van der Waals surface area contributed by atoms with Gasteiger partial charge in [-0.3, -0.25) is 4.79 Å². The maximum atomic E-state index is 12.3. The van der Waals surface area contributed by atoms with E-state index < -0.39 is 0 Å². The Morgan fingerprint density at radius 2 is 2.22 bits per heavy atom. The highest BCUT2D eigenvalue weighted by Gasteiger charge is 2.33. The third-order valence-electron chi connectivity index (χ3n) is 3.07. The number of rotatable bonds is 4. The molecule has 0 bridgehead atoms. The molecular formula is C13H14N2O2S. The number of carbonyl (C=O) groups excluding carboxylic acids is 1. The topological polar surface area (TPSA) is 53.4 Å². The van der Waals surface area contributed by atoms with Crippen molar-refractivity contribution in [2.45, 2.75) is 18.9 Å². The number of aromatic nitrogens is 1. The first kappa shape index (κ1) is 11.6. The molecular weight excluding hydrogens is 248 g/mol. The number of carbonyl (C=O) groups is 1. The van der Waals surface area contributed by atoms with Gasteiger partial charge < -0.3 is 10.0 Å². The molecule has 2 aromatic rings. The zero-order chi connectivity index (χ0) is 12.5. The predicted molar refractivity (Wildman–Crippen MR) is 70.8 cm³/mol. The third-order valence-corrected chi connectivity index (χ3v) is 4.09. The summed E-state index contributed by atoms with van der Waals surface area (Å²) in [5.74, 6) is -0.0484. The van der Waals surface area contributed by atoms with E-state index in [-0.39, 0.29) is 12.5 Å². The summed E-state index contributed by atoms with van der Waals surface area (Å²) in [4.78, 5) is 18.5. The summed E-state index contributed by atoms with van der Waals surface area (Å²) in [5.41, 5.74) is 0.866. The number of benzene rings is 1. The Labute approximate surface area is 109 Å². The van der Waals surface area contributed by atoms with Crippen LogP contribution in [0.4, 0.5) is 0 Å². The van der Waals surface area contributed by atoms with E-state index in [0.717, 1.165) is 23.1 Å². The highest BCUT2D eigenvalue weighted by Crippen LogP contribution is 2.30. The Hall–Kier alpha value is -1.46. The van der Waals surface area contributed by atoms with Crippen molar-refractivity contribution >= 4 is 27.5 Å². The molecule has 0 unspecified atom stereocenters. The summed E-state index contributed by atoms with van der Waals surface area (Å²) in [5, 5.41) is 9.56. The summed E-state index contributed by atoms with van der Waals surface area (Å²) in [6.07, 6.45) is 2.08. The molecule has 1 saturated carbocycles. The standard InChI is InChI=1S/C13H14N2O2S/c16-8-7-15(9-5-6-9)13(17)12-14-10-3-1-2-4-11(10)18-12/h1-4,9,16H,5-8H2. The van der Waals surface area contributed by atoms with Crippen LogP contribution in [0.25, 0.3) is 10.2 Å². The molecule has 18 heavy (non-hydrogen) atoms. The van der Waals surface area contributed by atoms with Crippen LogP contribution in [0.3, 0.4) is 0 Å². The molecule has 1 fully saturated rings. The average Bonchev–Trinajstić information content (AvgIpc) is 3.13. The van der Waals surface area contributed by atoms with E-state index in [2.05, 4.69) is 4.98 Å². The van der Waals surface area contributed by atoms with Crippen molar-refractivity contribution in [3.63, 3.8) is 0 Å². The van der Waals surface area contributed by atoms with Crippen LogP contribution in [-0.2, 0) is 0 Å². The Balaban J connectivity index is 1.90. The molecule has 1 heterocycles. The number of nitrogens with zero attached hydrogens (tertiary/aromatic N) is 2. The summed E-state index contributed by atoms with van der Waals surface area (Å²) in [6.45, 7) is 0.409. The summed E-state index contributed by atoms with van der Waals surface area (Å²) in [7, 11) is 0. The molecule has 1 aromatic heterocycles. The third kappa shape index (κ3) is 2.11. The van der Waals surface area contributed by atoms with Crippen LogP contribution >= 0.6 is 11.3 Å². The van der Waals surface area contributed by atoms with Crippen molar-refractivity contribution < 1.29 is 9.90 Å². The number of aliphatic hydroxyl groups excluding tert-OH is 1. The van der Waals surface area contributed by atoms with Gasteiger partial charge in [-0.15, -0.1) is 11.3 Å². The van der Waals surface area contributed by atoms with Crippen LogP contribution in [0.1, 0.15) is 22.6 Å². The SMILES string of the molecule is O=C(c1nc2ccccc2s1)N(CCO)C1CC1. The Kier molecular flexibility index (Phi) is 3.01. The number of hydrogen-bond acceptors (Lipinski definition) is 4. The van der Waals surface area contributed by atoms with Crippen LogP contribution in [0.2, 0.25) is 0 Å². The van der Waals surface area contributed by atoms with Gasteiger partial charge in [-0.05, 0) is 25.0 Å². The monoisotopic (exact) mass is 262 g/mol. The molecule has 0 aliphatic heterocycles. The maximum absolute atomic E-state index is 12.3. The van der Waals surface area contributed by atoms with Gasteiger partial charge in [0.15, 0.2) is 5.01 Å². The highest BCUT2D eigenvalue weighted by atomic mass is 32.1. The van der Waals surface area contributed by atoms with Crippen LogP contribution in [0.5, 0.6) is 0 Å². The van der Waals surface area contributed by atoms with Crippen LogP contribution in [0.15, 0.2) is 24.3 Å². The lowest BCUT2D eigenvalue weighted by Gasteiger charge is -2.19. The van der Waals surface area contributed by atoms with E-state index in [4.69, 9.17) is 5.11 Å². The number of amides is 1. The molecule has 1 N–H and O–H groups in total. The van der Waals surface area contributed by atoms with Crippen LogP contribution in [0, 0.1) is 0 Å². The van der Waals surface area contributed by atoms with Crippen molar-refractivity contribution in [3.05, 3.63) is 29.3 Å². The van der Waals surface area contributed by atoms with E-state index >= 15 is 0 Å². The van der Waals surface area contributed by atoms with Crippen molar-refractivity contribution in [2.24, 2.45) is 0 Å². The Bertz CT molecular complexity index is 544. The summed E-state index contributed by atoms with van der Waals surface area (Å²) < 4.78 is 1.03. The first-order valence-corrected chi connectivity index (χ1v) is 6.88. The normalized spacial score (nSPS) is 14.9.